The van der Waals surface area contributed by atoms with Crippen molar-refractivity contribution in [2.75, 3.05) is 13.1 Å². The molecule has 1 N–H and O–H groups in total. The van der Waals surface area contributed by atoms with E-state index in [1.807, 2.05) is 18.7 Å². The number of nitrogens with zero attached hydrogens (tertiary/aromatic N) is 1. The Morgan fingerprint density at radius 1 is 1.38 bits per heavy atom. The predicted molar refractivity (Wildman–Crippen MR) is 90.4 cm³/mol. The van der Waals surface area contributed by atoms with Crippen LogP contribution in [0, 0.1) is 0 Å². The summed E-state index contributed by atoms with van der Waals surface area (Å²) < 4.78 is 38.4. The van der Waals surface area contributed by atoms with E-state index in [1.54, 1.807) is 13.0 Å². The summed E-state index contributed by atoms with van der Waals surface area (Å²) in [6.07, 6.45) is -4.14. The van der Waals surface area contributed by atoms with Crippen molar-refractivity contribution in [3.05, 3.63) is 35.4 Å². The van der Waals surface area contributed by atoms with Gasteiger partial charge in [0.1, 0.15) is 0 Å². The summed E-state index contributed by atoms with van der Waals surface area (Å²) >= 11 is 0. The average Bonchev–Trinajstić information content (AvgIpc) is 2.49. The van der Waals surface area contributed by atoms with Crippen LogP contribution in [0.4, 0.5) is 13.2 Å². The molecule has 1 aliphatic rings. The first kappa shape index (κ1) is 20.8. The molecule has 1 aliphatic heterocycles. The van der Waals surface area contributed by atoms with Crippen molar-refractivity contribution in [1.82, 2.24) is 10.2 Å². The molecule has 0 aromatic heterocycles. The van der Waals surface area contributed by atoms with Crippen LogP contribution in [-0.4, -0.2) is 36.0 Å². The fraction of sp³-hybridized carbons (Fsp3) is 0.588. The van der Waals surface area contributed by atoms with E-state index in [-0.39, 0.29) is 42.7 Å². The topological polar surface area (TPSA) is 32.3 Å². The van der Waals surface area contributed by atoms with Gasteiger partial charge in [-0.1, -0.05) is 25.1 Å². The fourth-order valence-corrected chi connectivity index (χ4v) is 2.93. The van der Waals surface area contributed by atoms with Crippen molar-refractivity contribution in [2.24, 2.45) is 0 Å². The maximum absolute atomic E-state index is 12.8. The van der Waals surface area contributed by atoms with Gasteiger partial charge in [-0.3, -0.25) is 4.79 Å². The molecule has 0 radical (unpaired) electrons. The monoisotopic (exact) mass is 364 g/mol. The molecule has 24 heavy (non-hydrogen) atoms. The molecule has 136 valence electrons. The van der Waals surface area contributed by atoms with E-state index < -0.39 is 11.7 Å². The van der Waals surface area contributed by atoms with Gasteiger partial charge in [-0.2, -0.15) is 13.2 Å². The smallest absolute Gasteiger partial charge is 0.337 e. The van der Waals surface area contributed by atoms with E-state index in [0.29, 0.717) is 12.1 Å². The first-order valence-electron chi connectivity index (χ1n) is 7.90. The molecule has 1 heterocycles. The summed E-state index contributed by atoms with van der Waals surface area (Å²) in [6, 6.07) is 5.55. The zero-order chi connectivity index (χ0) is 17.2. The van der Waals surface area contributed by atoms with Crippen LogP contribution in [0.15, 0.2) is 24.3 Å². The fourth-order valence-electron chi connectivity index (χ4n) is 2.93. The molecular formula is C17H24ClF3N2O. The van der Waals surface area contributed by atoms with Crippen molar-refractivity contribution in [1.29, 1.82) is 0 Å². The second-order valence-corrected chi connectivity index (χ2v) is 6.30. The minimum absolute atomic E-state index is 0. The highest BCUT2D eigenvalue weighted by Gasteiger charge is 2.32. The number of carbonyl (C=O) groups is 1. The average molecular weight is 365 g/mol. The van der Waals surface area contributed by atoms with Crippen LogP contribution in [0.1, 0.15) is 44.2 Å². The molecule has 1 saturated heterocycles. The van der Waals surface area contributed by atoms with E-state index in [4.69, 9.17) is 0 Å². The van der Waals surface area contributed by atoms with Crippen LogP contribution < -0.4 is 5.32 Å². The van der Waals surface area contributed by atoms with Crippen LogP contribution in [0.25, 0.3) is 0 Å². The number of hydrogen-bond donors (Lipinski definition) is 1. The summed E-state index contributed by atoms with van der Waals surface area (Å²) in [5, 5.41) is 3.31. The molecule has 0 saturated carbocycles. The lowest BCUT2D eigenvalue weighted by atomic mass is 9.94. The zero-order valence-electron chi connectivity index (χ0n) is 14.1. The van der Waals surface area contributed by atoms with Gasteiger partial charge >= 0.3 is 6.18 Å². The summed E-state index contributed by atoms with van der Waals surface area (Å²) in [4.78, 5) is 14.3. The number of rotatable bonds is 3. The molecule has 7 heteroatoms. The lowest BCUT2D eigenvalue weighted by Crippen LogP contribution is -2.57. The minimum Gasteiger partial charge on any atom is -0.337 e. The SMILES string of the molecule is CC(CC(=O)N1CCNC(C)C1C)c1cccc(C(F)(F)F)c1.Cl. The van der Waals surface area contributed by atoms with E-state index >= 15 is 0 Å². The number of hydrogen-bond acceptors (Lipinski definition) is 2. The molecular weight excluding hydrogens is 341 g/mol. The first-order chi connectivity index (χ1) is 10.7. The Labute approximate surface area is 147 Å². The predicted octanol–water partition coefficient (Wildman–Crippen LogP) is 3.83. The molecule has 3 nitrogen and oxygen atoms in total. The molecule has 3 unspecified atom stereocenters. The van der Waals surface area contributed by atoms with Gasteiger partial charge in [0.2, 0.25) is 5.91 Å². The van der Waals surface area contributed by atoms with Gasteiger partial charge in [0, 0.05) is 31.6 Å². The second-order valence-electron chi connectivity index (χ2n) is 6.30. The van der Waals surface area contributed by atoms with Crippen molar-refractivity contribution in [2.45, 2.75) is 51.4 Å². The highest BCUT2D eigenvalue weighted by molar-refractivity contribution is 5.85. The van der Waals surface area contributed by atoms with Crippen LogP contribution in [0.3, 0.4) is 0 Å². The zero-order valence-corrected chi connectivity index (χ0v) is 14.9. The van der Waals surface area contributed by atoms with Crippen molar-refractivity contribution in [3.63, 3.8) is 0 Å². The van der Waals surface area contributed by atoms with Crippen LogP contribution >= 0.6 is 12.4 Å². The van der Waals surface area contributed by atoms with Gasteiger partial charge in [-0.15, -0.1) is 12.4 Å². The summed E-state index contributed by atoms with van der Waals surface area (Å²) in [6.45, 7) is 7.20. The minimum atomic E-state index is -4.36. The van der Waals surface area contributed by atoms with Crippen molar-refractivity contribution >= 4 is 18.3 Å². The number of piperazine rings is 1. The number of benzene rings is 1. The van der Waals surface area contributed by atoms with Gasteiger partial charge in [-0.05, 0) is 31.4 Å². The molecule has 1 amide bonds. The van der Waals surface area contributed by atoms with Gasteiger partial charge in [0.05, 0.1) is 5.56 Å². The van der Waals surface area contributed by atoms with Crippen LogP contribution in [0.2, 0.25) is 0 Å². The van der Waals surface area contributed by atoms with Crippen molar-refractivity contribution in [3.8, 4) is 0 Å². The highest BCUT2D eigenvalue weighted by atomic mass is 35.5. The summed E-state index contributed by atoms with van der Waals surface area (Å²) in [7, 11) is 0. The largest absolute Gasteiger partial charge is 0.416 e. The number of carbonyl (C=O) groups excluding carboxylic acids is 1. The van der Waals surface area contributed by atoms with Crippen LogP contribution in [0.5, 0.6) is 0 Å². The number of amides is 1. The third-order valence-corrected chi connectivity index (χ3v) is 4.62. The molecule has 3 atom stereocenters. The normalized spacial score (nSPS) is 22.7. The standard InChI is InChI=1S/C17H23F3N2O.ClH/c1-11(14-5-4-6-15(10-14)17(18,19)20)9-16(23)22-8-7-21-12(2)13(22)3;/h4-6,10-13,21H,7-9H2,1-3H3;1H. The Bertz CT molecular complexity index is 565. The number of nitrogens with one attached hydrogen (secondary N) is 1. The Morgan fingerprint density at radius 3 is 2.67 bits per heavy atom. The van der Waals surface area contributed by atoms with Crippen molar-refractivity contribution < 1.29 is 18.0 Å². The van der Waals surface area contributed by atoms with Gasteiger partial charge < -0.3 is 10.2 Å². The molecule has 1 fully saturated rings. The van der Waals surface area contributed by atoms with Gasteiger partial charge in [0.25, 0.3) is 0 Å². The van der Waals surface area contributed by atoms with Crippen LogP contribution in [-0.2, 0) is 11.0 Å². The lowest BCUT2D eigenvalue weighted by Gasteiger charge is -2.39. The van der Waals surface area contributed by atoms with Gasteiger partial charge in [-0.25, -0.2) is 0 Å². The number of halogens is 4. The molecule has 1 aromatic carbocycles. The Kier molecular flexibility index (Phi) is 7.10. The second kappa shape index (κ2) is 8.21. The molecule has 1 aromatic rings. The van der Waals surface area contributed by atoms with E-state index in [0.717, 1.165) is 18.7 Å². The summed E-state index contributed by atoms with van der Waals surface area (Å²) in [5.41, 5.74) is -0.123. The number of alkyl halides is 3. The molecule has 2 rings (SSSR count). The molecule has 0 spiro atoms. The van der Waals surface area contributed by atoms with Gasteiger partial charge in [0.15, 0.2) is 0 Å². The van der Waals surface area contributed by atoms with E-state index in [2.05, 4.69) is 5.32 Å². The highest BCUT2D eigenvalue weighted by Crippen LogP contribution is 2.32. The molecule has 0 bridgehead atoms. The Morgan fingerprint density at radius 2 is 2.04 bits per heavy atom. The Hall–Kier alpha value is -1.27. The third kappa shape index (κ3) is 4.86. The maximum Gasteiger partial charge on any atom is 0.416 e. The Balaban J connectivity index is 0.00000288. The maximum atomic E-state index is 12.8. The third-order valence-electron chi connectivity index (χ3n) is 4.62. The van der Waals surface area contributed by atoms with E-state index in [1.165, 1.54) is 6.07 Å². The van der Waals surface area contributed by atoms with E-state index in [9.17, 15) is 18.0 Å². The summed E-state index contributed by atoms with van der Waals surface area (Å²) in [5.74, 6) is -0.252. The first-order valence-corrected chi connectivity index (χ1v) is 7.90. The quantitative estimate of drug-likeness (QED) is 0.884. The lowest BCUT2D eigenvalue weighted by molar-refractivity contribution is -0.137. The molecule has 0 aliphatic carbocycles.